The minimum absolute atomic E-state index is 0.00555. The molecule has 0 unspecified atom stereocenters. The Balaban J connectivity index is 2.23. The summed E-state index contributed by atoms with van der Waals surface area (Å²) in [6, 6.07) is 7.64. The van der Waals surface area contributed by atoms with Crippen LogP contribution in [0.2, 0.25) is 5.02 Å². The molecule has 0 fully saturated rings. The molecular weight excluding hydrogens is 301 g/mol. The fourth-order valence-corrected chi connectivity index (χ4v) is 1.89. The molecule has 0 saturated heterocycles. The first-order valence-electron chi connectivity index (χ1n) is 5.81. The summed E-state index contributed by atoms with van der Waals surface area (Å²) in [5.74, 6) is -0.476. The molecule has 7 heteroatoms. The van der Waals surface area contributed by atoms with Crippen molar-refractivity contribution >= 4 is 23.6 Å². The average molecular weight is 310 g/mol. The summed E-state index contributed by atoms with van der Waals surface area (Å²) >= 11 is 5.85. The molecule has 0 spiro atoms. The fraction of sp³-hybridized carbons (Fsp3) is 0.0714. The maximum atomic E-state index is 12.9. The van der Waals surface area contributed by atoms with Crippen LogP contribution >= 0.6 is 11.6 Å². The molecule has 0 atom stereocenters. The molecule has 0 heterocycles. The van der Waals surface area contributed by atoms with E-state index in [9.17, 15) is 19.3 Å². The number of rotatable bonds is 5. The number of hydrogen-bond donors (Lipinski definition) is 0. The van der Waals surface area contributed by atoms with Crippen molar-refractivity contribution in [3.63, 3.8) is 0 Å². The van der Waals surface area contributed by atoms with E-state index >= 15 is 0 Å². The molecule has 0 N–H and O–H groups in total. The summed E-state index contributed by atoms with van der Waals surface area (Å²) < 4.78 is 18.3. The Bertz CT molecular complexity index is 705. The minimum Gasteiger partial charge on any atom is -0.482 e. The molecule has 0 aliphatic carbocycles. The van der Waals surface area contributed by atoms with E-state index in [0.29, 0.717) is 11.8 Å². The van der Waals surface area contributed by atoms with Crippen LogP contribution in [0.3, 0.4) is 0 Å². The van der Waals surface area contributed by atoms with E-state index in [1.807, 2.05) is 0 Å². The Hall–Kier alpha value is -2.47. The number of ether oxygens (including phenoxy) is 1. The molecule has 0 aliphatic heterocycles. The van der Waals surface area contributed by atoms with Crippen LogP contribution in [0.4, 0.5) is 10.1 Å². The van der Waals surface area contributed by atoms with Crippen molar-refractivity contribution in [1.29, 1.82) is 0 Å². The van der Waals surface area contributed by atoms with Crippen molar-refractivity contribution in [2.75, 3.05) is 0 Å². The molecule has 2 aromatic rings. The maximum Gasteiger partial charge on any atom is 0.311 e. The van der Waals surface area contributed by atoms with Crippen LogP contribution in [0.15, 0.2) is 36.4 Å². The SMILES string of the molecule is O=Cc1ccc(OCc2ccc(F)cc2Cl)c([N+](=O)[O-])c1. The van der Waals surface area contributed by atoms with Gasteiger partial charge in [0.1, 0.15) is 18.7 Å². The Kier molecular flexibility index (Phi) is 4.49. The number of carbonyl (C=O) groups excluding carboxylic acids is 1. The van der Waals surface area contributed by atoms with Crippen LogP contribution in [0.25, 0.3) is 0 Å². The Morgan fingerprint density at radius 1 is 1.29 bits per heavy atom. The predicted molar refractivity (Wildman–Crippen MR) is 74.2 cm³/mol. The third kappa shape index (κ3) is 3.55. The Morgan fingerprint density at radius 2 is 2.05 bits per heavy atom. The molecule has 108 valence electrons. The molecule has 0 saturated carbocycles. The first kappa shape index (κ1) is 14.9. The van der Waals surface area contributed by atoms with E-state index in [2.05, 4.69) is 0 Å². The topological polar surface area (TPSA) is 69.4 Å². The summed E-state index contributed by atoms with van der Waals surface area (Å²) in [5, 5.41) is 11.1. The third-order valence-corrected chi connectivity index (χ3v) is 3.07. The maximum absolute atomic E-state index is 12.9. The van der Waals surface area contributed by atoms with Gasteiger partial charge in [0, 0.05) is 17.2 Å². The molecule has 2 rings (SSSR count). The van der Waals surface area contributed by atoms with Gasteiger partial charge in [0.2, 0.25) is 0 Å². The smallest absolute Gasteiger partial charge is 0.311 e. The summed E-state index contributed by atoms with van der Waals surface area (Å²) in [6.07, 6.45) is 0.508. The van der Waals surface area contributed by atoms with Gasteiger partial charge in [0.15, 0.2) is 5.75 Å². The van der Waals surface area contributed by atoms with Crippen LogP contribution in [-0.4, -0.2) is 11.2 Å². The van der Waals surface area contributed by atoms with Gasteiger partial charge in [-0.15, -0.1) is 0 Å². The second-order valence-electron chi connectivity index (χ2n) is 4.13. The molecule has 0 radical (unpaired) electrons. The van der Waals surface area contributed by atoms with E-state index in [4.69, 9.17) is 16.3 Å². The van der Waals surface area contributed by atoms with Gasteiger partial charge in [0.05, 0.1) is 9.95 Å². The van der Waals surface area contributed by atoms with Crippen LogP contribution in [0, 0.1) is 15.9 Å². The second-order valence-corrected chi connectivity index (χ2v) is 4.53. The molecule has 0 bridgehead atoms. The van der Waals surface area contributed by atoms with Gasteiger partial charge in [-0.3, -0.25) is 14.9 Å². The lowest BCUT2D eigenvalue weighted by molar-refractivity contribution is -0.386. The molecule has 2 aromatic carbocycles. The van der Waals surface area contributed by atoms with E-state index in [0.717, 1.165) is 12.1 Å². The van der Waals surface area contributed by atoms with Crippen LogP contribution in [0.1, 0.15) is 15.9 Å². The van der Waals surface area contributed by atoms with Gasteiger partial charge >= 0.3 is 5.69 Å². The fourth-order valence-electron chi connectivity index (χ4n) is 1.67. The number of benzene rings is 2. The normalized spacial score (nSPS) is 10.2. The largest absolute Gasteiger partial charge is 0.482 e. The number of carbonyl (C=O) groups is 1. The lowest BCUT2D eigenvalue weighted by atomic mass is 10.2. The van der Waals surface area contributed by atoms with Gasteiger partial charge in [-0.1, -0.05) is 17.7 Å². The Labute approximate surface area is 124 Å². The van der Waals surface area contributed by atoms with Gasteiger partial charge in [0.25, 0.3) is 0 Å². The second kappa shape index (κ2) is 6.32. The zero-order valence-corrected chi connectivity index (χ0v) is 11.3. The van der Waals surface area contributed by atoms with E-state index in [-0.39, 0.29) is 28.6 Å². The van der Waals surface area contributed by atoms with Crippen LogP contribution < -0.4 is 4.74 Å². The molecule has 0 aromatic heterocycles. The Morgan fingerprint density at radius 3 is 2.67 bits per heavy atom. The highest BCUT2D eigenvalue weighted by Crippen LogP contribution is 2.29. The molecule has 0 amide bonds. The van der Waals surface area contributed by atoms with E-state index < -0.39 is 10.7 Å². The number of nitro groups is 1. The van der Waals surface area contributed by atoms with E-state index in [1.54, 1.807) is 0 Å². The highest BCUT2D eigenvalue weighted by atomic mass is 35.5. The summed E-state index contributed by atoms with van der Waals surface area (Å²) in [5.41, 5.74) is 0.346. The van der Waals surface area contributed by atoms with Crippen molar-refractivity contribution in [1.82, 2.24) is 0 Å². The number of aldehydes is 1. The van der Waals surface area contributed by atoms with Gasteiger partial charge in [-0.2, -0.15) is 0 Å². The minimum atomic E-state index is -0.644. The summed E-state index contributed by atoms with van der Waals surface area (Å²) in [4.78, 5) is 20.9. The van der Waals surface area contributed by atoms with E-state index in [1.165, 1.54) is 24.3 Å². The van der Waals surface area contributed by atoms with Gasteiger partial charge < -0.3 is 4.74 Å². The lowest BCUT2D eigenvalue weighted by Gasteiger charge is -2.08. The quantitative estimate of drug-likeness (QED) is 0.479. The predicted octanol–water partition coefficient (Wildman–Crippen LogP) is 3.78. The molecule has 5 nitrogen and oxygen atoms in total. The van der Waals surface area contributed by atoms with Crippen molar-refractivity contribution in [2.24, 2.45) is 0 Å². The molecule has 21 heavy (non-hydrogen) atoms. The first-order valence-corrected chi connectivity index (χ1v) is 6.19. The average Bonchev–Trinajstić information content (AvgIpc) is 2.46. The number of hydrogen-bond acceptors (Lipinski definition) is 4. The highest BCUT2D eigenvalue weighted by molar-refractivity contribution is 6.31. The van der Waals surface area contributed by atoms with Gasteiger partial charge in [-0.25, -0.2) is 4.39 Å². The highest BCUT2D eigenvalue weighted by Gasteiger charge is 2.16. The van der Waals surface area contributed by atoms with Crippen LogP contribution in [0.5, 0.6) is 5.75 Å². The molecule has 0 aliphatic rings. The zero-order chi connectivity index (χ0) is 15.4. The standard InChI is InChI=1S/C14H9ClFNO4/c15-12-6-11(16)3-2-10(12)8-21-14-4-1-9(7-18)5-13(14)17(19)20/h1-7H,8H2. The first-order chi connectivity index (χ1) is 10.0. The van der Waals surface area contributed by atoms with Gasteiger partial charge in [-0.05, 0) is 24.3 Å². The van der Waals surface area contributed by atoms with Crippen molar-refractivity contribution in [3.8, 4) is 5.75 Å². The van der Waals surface area contributed by atoms with Crippen LogP contribution in [-0.2, 0) is 6.61 Å². The number of nitro benzene ring substituents is 1. The zero-order valence-electron chi connectivity index (χ0n) is 10.6. The summed E-state index contributed by atoms with van der Waals surface area (Å²) in [7, 11) is 0. The monoisotopic (exact) mass is 309 g/mol. The third-order valence-electron chi connectivity index (χ3n) is 2.71. The number of halogens is 2. The van der Waals surface area contributed by atoms with Crippen molar-refractivity contribution < 1.29 is 18.8 Å². The summed E-state index contributed by atoms with van der Waals surface area (Å²) in [6.45, 7) is -0.0552. The molecular formula is C14H9ClFNO4. The number of nitrogens with zero attached hydrogens (tertiary/aromatic N) is 1. The lowest BCUT2D eigenvalue weighted by Crippen LogP contribution is -2.00. The van der Waals surface area contributed by atoms with Crippen molar-refractivity contribution in [2.45, 2.75) is 6.61 Å². The van der Waals surface area contributed by atoms with Crippen molar-refractivity contribution in [3.05, 3.63) is 68.5 Å².